The SMILES string of the molecule is CO[C@H]1O[C@@](C)([C@H]2CC(C)=C(C)C(=O)O2)[C@H]2CC[C@H]3[C@@H]4C[C@@H](O)[C@@]5(OC)CC=CC(=O)[C@]5(C)[C@H]4CC[C@]123. The molecule has 4 aliphatic carbocycles. The minimum Gasteiger partial charge on any atom is -0.456 e. The molecule has 1 spiro atoms. The van der Waals surface area contributed by atoms with Gasteiger partial charge in [0.2, 0.25) is 0 Å². The Morgan fingerprint density at radius 1 is 1.08 bits per heavy atom. The summed E-state index contributed by atoms with van der Waals surface area (Å²) in [5, 5.41) is 11.6. The first-order chi connectivity index (χ1) is 17.5. The lowest BCUT2D eigenvalue weighted by molar-refractivity contribution is -0.258. The van der Waals surface area contributed by atoms with Gasteiger partial charge in [-0.1, -0.05) is 11.6 Å². The molecule has 1 N–H and O–H groups in total. The van der Waals surface area contributed by atoms with Gasteiger partial charge in [-0.3, -0.25) is 4.79 Å². The Hall–Kier alpha value is -1.54. The maximum Gasteiger partial charge on any atom is 0.334 e. The largest absolute Gasteiger partial charge is 0.456 e. The average molecular weight is 515 g/mol. The summed E-state index contributed by atoms with van der Waals surface area (Å²) >= 11 is 0. The van der Waals surface area contributed by atoms with Crippen LogP contribution < -0.4 is 0 Å². The van der Waals surface area contributed by atoms with Crippen LogP contribution in [0, 0.1) is 34.5 Å². The number of aliphatic hydroxyl groups is 1. The van der Waals surface area contributed by atoms with Gasteiger partial charge in [0.1, 0.15) is 17.3 Å². The molecule has 6 rings (SSSR count). The van der Waals surface area contributed by atoms with Crippen molar-refractivity contribution in [1.29, 1.82) is 0 Å². The Balaban J connectivity index is 1.39. The van der Waals surface area contributed by atoms with Crippen LogP contribution in [0.2, 0.25) is 0 Å². The van der Waals surface area contributed by atoms with Gasteiger partial charge in [0.15, 0.2) is 12.1 Å². The van der Waals surface area contributed by atoms with E-state index in [0.717, 1.165) is 31.3 Å². The number of ether oxygens (including phenoxy) is 4. The molecular weight excluding hydrogens is 472 g/mol. The highest BCUT2D eigenvalue weighted by atomic mass is 16.7. The number of hydrogen-bond acceptors (Lipinski definition) is 7. The zero-order chi connectivity index (χ0) is 26.5. The topological polar surface area (TPSA) is 91.3 Å². The fourth-order valence-corrected chi connectivity index (χ4v) is 10.3. The molecule has 37 heavy (non-hydrogen) atoms. The minimum atomic E-state index is -0.887. The standard InChI is InChI=1S/C30H42O7/c1-16-14-24(36-25(33)17(16)2)28(4)21-10-9-20-18-15-23(32)30(35-6)12-7-8-22(31)27(30,3)19(18)11-13-29(20,21)26(34-5)37-28/h7-8,18-21,23-24,26,32H,9-15H2,1-6H3/t18-,19+,20+,21-,23-,24-,26+,27+,28-,29-,30+/m1/s1. The number of esters is 1. The van der Waals surface area contributed by atoms with E-state index in [0.29, 0.717) is 24.8 Å². The first-order valence-electron chi connectivity index (χ1n) is 14.0. The van der Waals surface area contributed by atoms with E-state index in [2.05, 4.69) is 6.92 Å². The molecule has 2 heterocycles. The zero-order valence-electron chi connectivity index (χ0n) is 23.0. The van der Waals surface area contributed by atoms with Crippen molar-refractivity contribution in [2.75, 3.05) is 14.2 Å². The molecule has 7 heteroatoms. The number of hydrogen-bond donors (Lipinski definition) is 1. The van der Waals surface area contributed by atoms with Crippen molar-refractivity contribution in [3.05, 3.63) is 23.3 Å². The molecular formula is C30H42O7. The molecule has 0 aromatic rings. The lowest BCUT2D eigenvalue weighted by Gasteiger charge is -2.64. The number of fused-ring (bicyclic) bond motifs is 4. The fourth-order valence-electron chi connectivity index (χ4n) is 10.3. The van der Waals surface area contributed by atoms with Crippen molar-refractivity contribution in [3.63, 3.8) is 0 Å². The molecule has 0 radical (unpaired) electrons. The lowest BCUT2D eigenvalue weighted by Crippen LogP contribution is -2.70. The quantitative estimate of drug-likeness (QED) is 0.567. The van der Waals surface area contributed by atoms with Crippen LogP contribution in [-0.2, 0) is 28.5 Å². The fraction of sp³-hybridized carbons (Fsp3) is 0.800. The molecule has 6 aliphatic rings. The molecule has 1 saturated heterocycles. The lowest BCUT2D eigenvalue weighted by atomic mass is 9.42. The second kappa shape index (κ2) is 8.23. The van der Waals surface area contributed by atoms with E-state index >= 15 is 0 Å². The number of carbonyl (C=O) groups is 2. The van der Waals surface area contributed by atoms with Crippen molar-refractivity contribution < 1.29 is 33.6 Å². The normalized spacial score (nSPS) is 52.9. The number of aliphatic hydroxyl groups excluding tert-OH is 1. The van der Waals surface area contributed by atoms with Crippen molar-refractivity contribution in [2.45, 2.75) is 102 Å². The predicted octanol–water partition coefficient (Wildman–Crippen LogP) is 4.12. The molecule has 4 fully saturated rings. The van der Waals surface area contributed by atoms with Crippen LogP contribution in [0.5, 0.6) is 0 Å². The van der Waals surface area contributed by atoms with E-state index in [1.54, 1.807) is 20.3 Å². The van der Waals surface area contributed by atoms with Gasteiger partial charge in [0.25, 0.3) is 0 Å². The van der Waals surface area contributed by atoms with Crippen molar-refractivity contribution in [2.24, 2.45) is 34.5 Å². The highest BCUT2D eigenvalue weighted by Gasteiger charge is 2.76. The van der Waals surface area contributed by atoms with Gasteiger partial charge in [-0.05, 0) is 90.0 Å². The second-order valence-electron chi connectivity index (χ2n) is 13.0. The zero-order valence-corrected chi connectivity index (χ0v) is 23.0. The van der Waals surface area contributed by atoms with E-state index in [4.69, 9.17) is 18.9 Å². The Labute approximate surface area is 219 Å². The van der Waals surface area contributed by atoms with Crippen LogP contribution in [-0.4, -0.2) is 60.8 Å². The van der Waals surface area contributed by atoms with E-state index in [1.807, 2.05) is 26.8 Å². The third-order valence-electron chi connectivity index (χ3n) is 12.3. The summed E-state index contributed by atoms with van der Waals surface area (Å²) in [7, 11) is 3.36. The second-order valence-corrected chi connectivity index (χ2v) is 13.0. The van der Waals surface area contributed by atoms with Crippen molar-refractivity contribution in [3.8, 4) is 0 Å². The third kappa shape index (κ3) is 2.92. The van der Waals surface area contributed by atoms with Crippen LogP contribution in [0.25, 0.3) is 0 Å². The van der Waals surface area contributed by atoms with Crippen LogP contribution in [0.15, 0.2) is 23.3 Å². The highest BCUT2D eigenvalue weighted by molar-refractivity contribution is 5.97. The number of methoxy groups -OCH3 is 2. The molecule has 0 aromatic carbocycles. The molecule has 0 aromatic heterocycles. The van der Waals surface area contributed by atoms with Crippen LogP contribution >= 0.6 is 0 Å². The highest BCUT2D eigenvalue weighted by Crippen LogP contribution is 2.73. The Morgan fingerprint density at radius 3 is 2.51 bits per heavy atom. The molecule has 0 amide bonds. The first kappa shape index (κ1) is 25.7. The Bertz CT molecular complexity index is 1080. The number of ketones is 1. The summed E-state index contributed by atoms with van der Waals surface area (Å²) in [4.78, 5) is 26.2. The van der Waals surface area contributed by atoms with E-state index < -0.39 is 29.0 Å². The average Bonchev–Trinajstić information content (AvgIpc) is 3.38. The molecule has 2 aliphatic heterocycles. The number of carbonyl (C=O) groups excluding carboxylic acids is 2. The summed E-state index contributed by atoms with van der Waals surface area (Å²) < 4.78 is 25.0. The third-order valence-corrected chi connectivity index (χ3v) is 12.3. The maximum atomic E-state index is 13.6. The molecule has 204 valence electrons. The monoisotopic (exact) mass is 514 g/mol. The molecule has 3 saturated carbocycles. The van der Waals surface area contributed by atoms with Gasteiger partial charge >= 0.3 is 5.97 Å². The Kier molecular flexibility index (Phi) is 5.72. The summed E-state index contributed by atoms with van der Waals surface area (Å²) in [6.45, 7) is 7.99. The summed E-state index contributed by atoms with van der Waals surface area (Å²) in [5.74, 6) is 0.519. The summed E-state index contributed by atoms with van der Waals surface area (Å²) in [5.41, 5.74) is -0.807. The maximum absolute atomic E-state index is 13.6. The van der Waals surface area contributed by atoms with E-state index in [9.17, 15) is 14.7 Å². The van der Waals surface area contributed by atoms with Crippen molar-refractivity contribution in [1.82, 2.24) is 0 Å². The van der Waals surface area contributed by atoms with E-state index in [-0.39, 0.29) is 46.9 Å². The number of cyclic esters (lactones) is 1. The Morgan fingerprint density at radius 2 is 1.84 bits per heavy atom. The van der Waals surface area contributed by atoms with Crippen LogP contribution in [0.1, 0.15) is 72.6 Å². The minimum absolute atomic E-state index is 0.0717. The van der Waals surface area contributed by atoms with Crippen LogP contribution in [0.3, 0.4) is 0 Å². The predicted molar refractivity (Wildman–Crippen MR) is 135 cm³/mol. The smallest absolute Gasteiger partial charge is 0.334 e. The number of rotatable bonds is 3. The molecule has 0 unspecified atom stereocenters. The molecule has 11 atom stereocenters. The number of allylic oxidation sites excluding steroid dienone is 1. The van der Waals surface area contributed by atoms with E-state index in [1.165, 1.54) is 0 Å². The van der Waals surface area contributed by atoms with Gasteiger partial charge in [-0.25, -0.2) is 4.79 Å². The van der Waals surface area contributed by atoms with Crippen molar-refractivity contribution >= 4 is 11.8 Å². The molecule has 7 nitrogen and oxygen atoms in total. The van der Waals surface area contributed by atoms with Gasteiger partial charge in [0, 0.05) is 37.5 Å². The van der Waals surface area contributed by atoms with Gasteiger partial charge in [0.05, 0.1) is 11.5 Å². The summed E-state index contributed by atoms with van der Waals surface area (Å²) in [6, 6.07) is 0. The van der Waals surface area contributed by atoms with Gasteiger partial charge in [-0.2, -0.15) is 0 Å². The van der Waals surface area contributed by atoms with Crippen LogP contribution in [0.4, 0.5) is 0 Å². The van der Waals surface area contributed by atoms with Gasteiger partial charge < -0.3 is 24.1 Å². The summed E-state index contributed by atoms with van der Waals surface area (Å²) in [6.07, 6.45) is 7.59. The van der Waals surface area contributed by atoms with Gasteiger partial charge in [-0.15, -0.1) is 0 Å². The molecule has 0 bridgehead atoms. The first-order valence-corrected chi connectivity index (χ1v) is 14.0.